The quantitative estimate of drug-likeness (QED) is 0.239. The lowest BCUT2D eigenvalue weighted by atomic mass is 10.0. The minimum atomic E-state index is -4.80. The first-order valence-electron chi connectivity index (χ1n) is 13.0. The summed E-state index contributed by atoms with van der Waals surface area (Å²) in [5, 5.41) is 8.64. The molecular weight excluding hydrogens is 607 g/mol. The molecule has 43 heavy (non-hydrogen) atoms. The molecule has 0 unspecified atom stereocenters. The zero-order valence-electron chi connectivity index (χ0n) is 23.0. The maximum atomic E-state index is 12.7. The summed E-state index contributed by atoms with van der Waals surface area (Å²) in [6.07, 6.45) is -4.32. The largest absolute Gasteiger partial charge is 0.573 e. The van der Waals surface area contributed by atoms with Gasteiger partial charge < -0.3 is 20.7 Å². The first-order valence-corrected chi connectivity index (χ1v) is 14.4. The molecule has 3 aromatic rings. The Morgan fingerprint density at radius 3 is 2.26 bits per heavy atom. The number of nitrogens with one attached hydrogen (secondary N) is 3. The van der Waals surface area contributed by atoms with Gasteiger partial charge in [-0.3, -0.25) is 9.69 Å². The van der Waals surface area contributed by atoms with Crippen molar-refractivity contribution in [3.05, 3.63) is 82.9 Å². The van der Waals surface area contributed by atoms with Crippen LogP contribution in [0.5, 0.6) is 5.75 Å². The number of thioether (sulfide) groups is 1. The number of hydrogen-bond acceptors (Lipinski definition) is 5. The molecule has 1 aliphatic heterocycles. The molecule has 1 heterocycles. The summed E-state index contributed by atoms with van der Waals surface area (Å²) < 4.78 is 40.6. The number of rotatable bonds is 8. The number of carbonyl (C=O) groups is 3. The highest BCUT2D eigenvalue weighted by atomic mass is 35.5. The number of ether oxygens (including phenoxy) is 1. The monoisotopic (exact) mass is 633 g/mol. The van der Waals surface area contributed by atoms with Crippen LogP contribution in [0.4, 0.5) is 39.8 Å². The number of amides is 5. The van der Waals surface area contributed by atoms with E-state index >= 15 is 0 Å². The van der Waals surface area contributed by atoms with Crippen molar-refractivity contribution in [3.63, 3.8) is 0 Å². The predicted molar refractivity (Wildman–Crippen MR) is 162 cm³/mol. The molecule has 226 valence electrons. The number of aliphatic imine (C=N–C) groups is 1. The van der Waals surface area contributed by atoms with Gasteiger partial charge in [0.05, 0.1) is 11.4 Å². The van der Waals surface area contributed by atoms with Crippen LogP contribution in [-0.2, 0) is 11.2 Å². The lowest BCUT2D eigenvalue weighted by Gasteiger charge is -2.21. The fourth-order valence-corrected chi connectivity index (χ4v) is 5.13. The normalized spacial score (nSPS) is 14.3. The van der Waals surface area contributed by atoms with E-state index in [1.54, 1.807) is 36.4 Å². The molecule has 0 radical (unpaired) electrons. The molecule has 0 aliphatic carbocycles. The lowest BCUT2D eigenvalue weighted by molar-refractivity contribution is -0.274. The van der Waals surface area contributed by atoms with Gasteiger partial charge in [-0.05, 0) is 72.0 Å². The molecule has 4 rings (SSSR count). The van der Waals surface area contributed by atoms with Gasteiger partial charge in [0.2, 0.25) is 5.91 Å². The zero-order valence-corrected chi connectivity index (χ0v) is 24.6. The minimum Gasteiger partial charge on any atom is -0.406 e. The minimum absolute atomic E-state index is 0.124. The number of nitrogens with zero attached hydrogens (tertiary/aromatic N) is 2. The summed E-state index contributed by atoms with van der Waals surface area (Å²) in [4.78, 5) is 43.1. The highest BCUT2D eigenvalue weighted by Crippen LogP contribution is 2.35. The number of anilines is 3. The molecule has 0 saturated carbocycles. The summed E-state index contributed by atoms with van der Waals surface area (Å²) >= 11 is 7.38. The molecular formula is C29H27ClF3N5O4S. The maximum Gasteiger partial charge on any atom is 0.573 e. The van der Waals surface area contributed by atoms with Crippen molar-refractivity contribution in [2.24, 2.45) is 4.99 Å². The number of alkyl halides is 3. The number of carbonyl (C=O) groups excluding carboxylic acids is 3. The Balaban J connectivity index is 1.27. The van der Waals surface area contributed by atoms with Crippen molar-refractivity contribution in [1.82, 2.24) is 5.32 Å². The van der Waals surface area contributed by atoms with Crippen molar-refractivity contribution in [2.45, 2.75) is 32.5 Å². The van der Waals surface area contributed by atoms with Crippen molar-refractivity contribution < 1.29 is 32.3 Å². The Morgan fingerprint density at radius 1 is 1.02 bits per heavy atom. The van der Waals surface area contributed by atoms with Crippen molar-refractivity contribution in [1.29, 1.82) is 0 Å². The van der Waals surface area contributed by atoms with Gasteiger partial charge in [-0.15, -0.1) is 13.2 Å². The summed E-state index contributed by atoms with van der Waals surface area (Å²) in [5.41, 5.74) is 3.17. The Bertz CT molecular complexity index is 1520. The molecule has 5 amide bonds. The number of urea groups is 2. The highest BCUT2D eigenvalue weighted by molar-refractivity contribution is 8.15. The Labute approximate surface area is 254 Å². The molecule has 0 bridgehead atoms. The second-order valence-electron chi connectivity index (χ2n) is 9.60. The number of hydrogen-bond donors (Lipinski definition) is 3. The summed E-state index contributed by atoms with van der Waals surface area (Å²) in [5.74, 6) is -0.293. The fraction of sp³-hybridized carbons (Fsp3) is 0.241. The Hall–Kier alpha value is -4.23. The van der Waals surface area contributed by atoms with Crippen LogP contribution in [0.2, 0.25) is 5.02 Å². The second kappa shape index (κ2) is 13.8. The first-order chi connectivity index (χ1) is 20.4. The molecule has 3 N–H and O–H groups in total. The molecule has 9 nitrogen and oxygen atoms in total. The lowest BCUT2D eigenvalue weighted by Crippen LogP contribution is -2.32. The van der Waals surface area contributed by atoms with Crippen LogP contribution in [0.1, 0.15) is 30.9 Å². The van der Waals surface area contributed by atoms with Crippen LogP contribution in [0.25, 0.3) is 0 Å². The van der Waals surface area contributed by atoms with Crippen LogP contribution in [-0.4, -0.2) is 41.8 Å². The van der Waals surface area contributed by atoms with Crippen LogP contribution in [0.3, 0.4) is 0 Å². The van der Waals surface area contributed by atoms with E-state index in [0.717, 1.165) is 23.3 Å². The van der Waals surface area contributed by atoms with Gasteiger partial charge in [0, 0.05) is 22.9 Å². The molecule has 1 aliphatic rings. The van der Waals surface area contributed by atoms with E-state index in [0.29, 0.717) is 22.8 Å². The second-order valence-corrected chi connectivity index (χ2v) is 11.0. The van der Waals surface area contributed by atoms with Gasteiger partial charge >= 0.3 is 18.4 Å². The number of amidine groups is 1. The van der Waals surface area contributed by atoms with Gasteiger partial charge in [-0.2, -0.15) is 4.99 Å². The van der Waals surface area contributed by atoms with Gasteiger partial charge in [0.25, 0.3) is 0 Å². The van der Waals surface area contributed by atoms with E-state index in [1.165, 1.54) is 28.8 Å². The number of halogens is 4. The van der Waals surface area contributed by atoms with Gasteiger partial charge in [-0.1, -0.05) is 55.4 Å². The standard InChI is InChI=1S/C29H27ClF3N5O4S/c1-17(2)23-12-5-19(30)15-24(23)38-25(39)16-43-28(38)37-26(40)34-14-13-18-3-6-20(7-4-18)35-27(41)36-21-8-10-22(11-9-21)42-29(31,32)33/h3-12,15,17H,13-14,16H2,1-2H3,(H,34,40)(H2,35,36,41). The van der Waals surface area contributed by atoms with Crippen molar-refractivity contribution in [2.75, 3.05) is 27.8 Å². The Kier molecular flexibility index (Phi) is 10.2. The van der Waals surface area contributed by atoms with E-state index in [2.05, 4.69) is 25.7 Å². The van der Waals surface area contributed by atoms with E-state index in [1.807, 2.05) is 19.9 Å². The van der Waals surface area contributed by atoms with Crippen LogP contribution >= 0.6 is 23.4 Å². The maximum absolute atomic E-state index is 12.7. The molecule has 0 spiro atoms. The zero-order chi connectivity index (χ0) is 31.1. The third kappa shape index (κ3) is 9.13. The molecule has 0 aromatic heterocycles. The fourth-order valence-electron chi connectivity index (χ4n) is 4.11. The number of benzene rings is 3. The van der Waals surface area contributed by atoms with E-state index < -0.39 is 24.2 Å². The third-order valence-electron chi connectivity index (χ3n) is 6.07. The van der Waals surface area contributed by atoms with E-state index in [4.69, 9.17) is 11.6 Å². The molecule has 1 saturated heterocycles. The van der Waals surface area contributed by atoms with Crippen molar-refractivity contribution >= 4 is 63.6 Å². The van der Waals surface area contributed by atoms with Crippen LogP contribution in [0, 0.1) is 0 Å². The first kappa shape index (κ1) is 31.7. The molecule has 3 aromatic carbocycles. The smallest absolute Gasteiger partial charge is 0.406 e. The Morgan fingerprint density at radius 2 is 1.65 bits per heavy atom. The summed E-state index contributed by atoms with van der Waals surface area (Å²) in [7, 11) is 0. The van der Waals surface area contributed by atoms with Crippen molar-refractivity contribution in [3.8, 4) is 5.75 Å². The summed E-state index contributed by atoms with van der Waals surface area (Å²) in [6, 6.07) is 15.8. The van der Waals surface area contributed by atoms with Gasteiger partial charge in [-0.25, -0.2) is 9.59 Å². The molecule has 14 heteroatoms. The van der Waals surface area contributed by atoms with E-state index in [9.17, 15) is 27.6 Å². The van der Waals surface area contributed by atoms with Gasteiger partial charge in [0.15, 0.2) is 5.17 Å². The van der Waals surface area contributed by atoms with Crippen LogP contribution < -0.4 is 25.6 Å². The summed E-state index contributed by atoms with van der Waals surface area (Å²) in [6.45, 7) is 4.29. The van der Waals surface area contributed by atoms with E-state index in [-0.39, 0.29) is 35.0 Å². The van der Waals surface area contributed by atoms with Crippen LogP contribution in [0.15, 0.2) is 71.7 Å². The van der Waals surface area contributed by atoms with Gasteiger partial charge in [0.1, 0.15) is 5.75 Å². The topological polar surface area (TPSA) is 112 Å². The average molecular weight is 634 g/mol. The molecule has 0 atom stereocenters. The predicted octanol–water partition coefficient (Wildman–Crippen LogP) is 7.39. The molecule has 1 fully saturated rings. The SMILES string of the molecule is CC(C)c1ccc(Cl)cc1N1C(=O)CSC1=NC(=O)NCCc1ccc(NC(=O)Nc2ccc(OC(F)(F)F)cc2)cc1. The highest BCUT2D eigenvalue weighted by Gasteiger charge is 2.33. The average Bonchev–Trinajstić information content (AvgIpc) is 3.29. The third-order valence-corrected chi connectivity index (χ3v) is 7.22.